The maximum absolute atomic E-state index is 8.01. The van der Waals surface area contributed by atoms with Crippen LogP contribution < -0.4 is 0 Å². The van der Waals surface area contributed by atoms with Crippen molar-refractivity contribution in [3.63, 3.8) is 0 Å². The van der Waals surface area contributed by atoms with Gasteiger partial charge in [-0.3, -0.25) is 5.10 Å². The van der Waals surface area contributed by atoms with Crippen LogP contribution in [0.5, 0.6) is 0 Å². The molecule has 1 rings (SSSR count). The van der Waals surface area contributed by atoms with Crippen molar-refractivity contribution in [2.45, 2.75) is 18.5 Å². The van der Waals surface area contributed by atoms with Crippen molar-refractivity contribution in [3.05, 3.63) is 16.3 Å². The zero-order chi connectivity index (χ0) is 9.52. The molecule has 0 unspecified atom stereocenters. The molecule has 0 amide bonds. The van der Waals surface area contributed by atoms with Crippen LogP contribution in [-0.4, -0.2) is 27.5 Å². The van der Waals surface area contributed by atoms with Crippen LogP contribution in [0.15, 0.2) is 10.3 Å². The second kappa shape index (κ2) is 5.45. The first kappa shape index (κ1) is 9.88. The monoisotopic (exact) mass is 198 g/mol. The SMILES string of the molecule is Cc1nc(SCCCN=[N+]=[N-])n[nH]1. The fourth-order valence-electron chi connectivity index (χ4n) is 0.730. The van der Waals surface area contributed by atoms with Crippen molar-refractivity contribution < 1.29 is 0 Å². The molecule has 0 saturated carbocycles. The molecule has 0 radical (unpaired) electrons. The Hall–Kier alpha value is -1.20. The van der Waals surface area contributed by atoms with Gasteiger partial charge in [0.15, 0.2) is 0 Å². The molecule has 0 aliphatic heterocycles. The molecule has 0 bridgehead atoms. The van der Waals surface area contributed by atoms with Gasteiger partial charge < -0.3 is 0 Å². The van der Waals surface area contributed by atoms with E-state index in [0.29, 0.717) is 6.54 Å². The van der Waals surface area contributed by atoms with Gasteiger partial charge in [0.1, 0.15) is 5.82 Å². The minimum absolute atomic E-state index is 0.535. The van der Waals surface area contributed by atoms with Crippen molar-refractivity contribution in [1.29, 1.82) is 0 Å². The summed E-state index contributed by atoms with van der Waals surface area (Å²) in [6.45, 7) is 2.39. The number of aromatic nitrogens is 3. The van der Waals surface area contributed by atoms with Crippen LogP contribution in [0.3, 0.4) is 0 Å². The van der Waals surface area contributed by atoms with E-state index in [1.807, 2.05) is 6.92 Å². The number of azide groups is 1. The Balaban J connectivity index is 2.16. The van der Waals surface area contributed by atoms with Crippen LogP contribution >= 0.6 is 11.8 Å². The van der Waals surface area contributed by atoms with Gasteiger partial charge in [-0.15, -0.1) is 5.10 Å². The van der Waals surface area contributed by atoms with E-state index in [-0.39, 0.29) is 0 Å². The Morgan fingerprint density at radius 3 is 3.15 bits per heavy atom. The lowest BCUT2D eigenvalue weighted by Crippen LogP contribution is -1.84. The first-order valence-corrected chi connectivity index (χ1v) is 4.84. The molecular weight excluding hydrogens is 188 g/mol. The van der Waals surface area contributed by atoms with E-state index in [0.717, 1.165) is 23.2 Å². The Morgan fingerprint density at radius 1 is 1.69 bits per heavy atom. The summed E-state index contributed by atoms with van der Waals surface area (Å²) in [6, 6.07) is 0. The maximum Gasteiger partial charge on any atom is 0.208 e. The minimum Gasteiger partial charge on any atom is -0.262 e. The third-order valence-corrected chi connectivity index (χ3v) is 2.21. The number of rotatable bonds is 5. The second-order valence-electron chi connectivity index (χ2n) is 2.36. The molecule has 0 aliphatic carbocycles. The van der Waals surface area contributed by atoms with Gasteiger partial charge in [0, 0.05) is 17.2 Å². The van der Waals surface area contributed by atoms with Crippen LogP contribution in [0.25, 0.3) is 10.4 Å². The highest BCUT2D eigenvalue weighted by atomic mass is 32.2. The zero-order valence-corrected chi connectivity index (χ0v) is 8.08. The van der Waals surface area contributed by atoms with E-state index in [9.17, 15) is 0 Å². The quantitative estimate of drug-likeness (QED) is 0.257. The number of nitrogens with one attached hydrogen (secondary N) is 1. The molecule has 1 N–H and O–H groups in total. The lowest BCUT2D eigenvalue weighted by Gasteiger charge is -1.91. The van der Waals surface area contributed by atoms with E-state index in [1.165, 1.54) is 0 Å². The summed E-state index contributed by atoms with van der Waals surface area (Å²) in [4.78, 5) is 6.78. The zero-order valence-electron chi connectivity index (χ0n) is 7.27. The van der Waals surface area contributed by atoms with Crippen molar-refractivity contribution in [1.82, 2.24) is 15.2 Å². The number of thioether (sulfide) groups is 1. The average molecular weight is 198 g/mol. The lowest BCUT2D eigenvalue weighted by molar-refractivity contribution is 0.921. The van der Waals surface area contributed by atoms with Crippen LogP contribution in [0, 0.1) is 6.92 Å². The summed E-state index contributed by atoms with van der Waals surface area (Å²) in [5.41, 5.74) is 8.01. The molecule has 0 saturated heterocycles. The van der Waals surface area contributed by atoms with Gasteiger partial charge in [-0.05, 0) is 18.9 Å². The molecule has 1 aromatic heterocycles. The van der Waals surface area contributed by atoms with Gasteiger partial charge in [0.2, 0.25) is 5.16 Å². The fraction of sp³-hybridized carbons (Fsp3) is 0.667. The number of hydrogen-bond donors (Lipinski definition) is 1. The third kappa shape index (κ3) is 3.82. The summed E-state index contributed by atoms with van der Waals surface area (Å²) in [5, 5.41) is 10.9. The van der Waals surface area contributed by atoms with Gasteiger partial charge >= 0.3 is 0 Å². The van der Waals surface area contributed by atoms with Crippen molar-refractivity contribution in [2.24, 2.45) is 5.11 Å². The number of hydrogen-bond acceptors (Lipinski definition) is 4. The molecule has 0 aliphatic rings. The molecule has 0 fully saturated rings. The summed E-state index contributed by atoms with van der Waals surface area (Å²) in [5.74, 6) is 1.69. The summed E-state index contributed by atoms with van der Waals surface area (Å²) < 4.78 is 0. The second-order valence-corrected chi connectivity index (χ2v) is 3.42. The van der Waals surface area contributed by atoms with Gasteiger partial charge in [-0.1, -0.05) is 16.9 Å². The molecule has 70 valence electrons. The van der Waals surface area contributed by atoms with E-state index in [4.69, 9.17) is 5.53 Å². The van der Waals surface area contributed by atoms with E-state index in [2.05, 4.69) is 25.2 Å². The van der Waals surface area contributed by atoms with Crippen molar-refractivity contribution in [2.75, 3.05) is 12.3 Å². The first-order chi connectivity index (χ1) is 6.33. The predicted octanol–water partition coefficient (Wildman–Crippen LogP) is 1.91. The topological polar surface area (TPSA) is 90.3 Å². The molecule has 0 aromatic carbocycles. The summed E-state index contributed by atoms with van der Waals surface area (Å²) >= 11 is 1.55. The van der Waals surface area contributed by atoms with E-state index in [1.54, 1.807) is 11.8 Å². The Bertz CT molecular complexity index is 302. The van der Waals surface area contributed by atoms with E-state index < -0.39 is 0 Å². The standard InChI is InChI=1S/C6H10N6S/c1-5-9-6(11-10-5)13-4-2-3-8-12-7/h2-4H2,1H3,(H,9,10,11). The minimum atomic E-state index is 0.535. The molecule has 0 spiro atoms. The molecule has 1 heterocycles. The largest absolute Gasteiger partial charge is 0.262 e. The average Bonchev–Trinajstić information content (AvgIpc) is 2.51. The summed E-state index contributed by atoms with van der Waals surface area (Å²) in [6.07, 6.45) is 0.850. The van der Waals surface area contributed by atoms with Gasteiger partial charge in [-0.25, -0.2) is 4.98 Å². The van der Waals surface area contributed by atoms with Crippen LogP contribution in [0.4, 0.5) is 0 Å². The third-order valence-electron chi connectivity index (χ3n) is 1.27. The number of H-pyrrole nitrogens is 1. The smallest absolute Gasteiger partial charge is 0.208 e. The number of aromatic amines is 1. The molecule has 7 heteroatoms. The lowest BCUT2D eigenvalue weighted by atomic mass is 10.5. The first-order valence-electron chi connectivity index (χ1n) is 3.85. The molecule has 6 nitrogen and oxygen atoms in total. The number of aryl methyl sites for hydroxylation is 1. The highest BCUT2D eigenvalue weighted by Gasteiger charge is 1.98. The molecular formula is C6H10N6S. The van der Waals surface area contributed by atoms with Gasteiger partial charge in [0.05, 0.1) is 0 Å². The predicted molar refractivity (Wildman–Crippen MR) is 50.5 cm³/mol. The van der Waals surface area contributed by atoms with Crippen molar-refractivity contribution >= 4 is 11.8 Å². The normalized spacial score (nSPS) is 9.62. The molecule has 1 aromatic rings. The Morgan fingerprint density at radius 2 is 2.54 bits per heavy atom. The molecule has 13 heavy (non-hydrogen) atoms. The van der Waals surface area contributed by atoms with Crippen molar-refractivity contribution in [3.8, 4) is 0 Å². The Labute approximate surface area is 79.8 Å². The van der Waals surface area contributed by atoms with E-state index >= 15 is 0 Å². The highest BCUT2D eigenvalue weighted by molar-refractivity contribution is 7.99. The van der Waals surface area contributed by atoms with Gasteiger partial charge in [-0.2, -0.15) is 0 Å². The fourth-order valence-corrected chi connectivity index (χ4v) is 1.50. The highest BCUT2D eigenvalue weighted by Crippen LogP contribution is 2.12. The van der Waals surface area contributed by atoms with Crippen LogP contribution in [0.2, 0.25) is 0 Å². The molecule has 0 atom stereocenters. The van der Waals surface area contributed by atoms with Crippen LogP contribution in [-0.2, 0) is 0 Å². The van der Waals surface area contributed by atoms with Crippen LogP contribution in [0.1, 0.15) is 12.2 Å². The maximum atomic E-state index is 8.01. The van der Waals surface area contributed by atoms with Gasteiger partial charge in [0.25, 0.3) is 0 Å². The number of nitrogens with zero attached hydrogens (tertiary/aromatic N) is 5. The summed E-state index contributed by atoms with van der Waals surface area (Å²) in [7, 11) is 0. The Kier molecular flexibility index (Phi) is 4.14.